The Bertz CT molecular complexity index is 299. The van der Waals surface area contributed by atoms with Gasteiger partial charge in [-0.25, -0.2) is 0 Å². The van der Waals surface area contributed by atoms with Crippen molar-refractivity contribution in [1.82, 2.24) is 5.32 Å². The molecule has 0 fully saturated rings. The van der Waals surface area contributed by atoms with Crippen molar-refractivity contribution in [1.29, 1.82) is 0 Å². The molecule has 0 bridgehead atoms. The number of hydrogen-bond donors (Lipinski definition) is 2. The lowest BCUT2D eigenvalue weighted by molar-refractivity contribution is 0.153. The largest absolute Gasteiger partial charge is 0.388 e. The monoisotopic (exact) mass is 235 g/mol. The Kier molecular flexibility index (Phi) is 6.23. The van der Waals surface area contributed by atoms with Crippen LogP contribution in [-0.4, -0.2) is 17.7 Å². The number of aliphatic hydroxyl groups is 1. The van der Waals surface area contributed by atoms with Gasteiger partial charge in [0.05, 0.1) is 6.10 Å². The molecular formula is C15H25NO. The summed E-state index contributed by atoms with van der Waals surface area (Å²) in [7, 11) is 0. The van der Waals surface area contributed by atoms with Crippen molar-refractivity contribution in [3.8, 4) is 0 Å². The van der Waals surface area contributed by atoms with Crippen molar-refractivity contribution in [2.45, 2.75) is 45.8 Å². The Balaban J connectivity index is 2.33. The fourth-order valence-corrected chi connectivity index (χ4v) is 1.78. The average molecular weight is 235 g/mol. The van der Waals surface area contributed by atoms with Crippen molar-refractivity contribution in [3.05, 3.63) is 35.9 Å². The molecule has 1 rings (SSSR count). The van der Waals surface area contributed by atoms with Crippen LogP contribution in [0.2, 0.25) is 0 Å². The Morgan fingerprint density at radius 1 is 1.18 bits per heavy atom. The molecule has 0 heterocycles. The van der Waals surface area contributed by atoms with Crippen LogP contribution in [0.15, 0.2) is 30.3 Å². The van der Waals surface area contributed by atoms with E-state index >= 15 is 0 Å². The van der Waals surface area contributed by atoms with E-state index in [9.17, 15) is 5.11 Å². The molecule has 0 aliphatic carbocycles. The Labute approximate surface area is 105 Å². The molecule has 0 aliphatic heterocycles. The van der Waals surface area contributed by atoms with Gasteiger partial charge in [0.15, 0.2) is 0 Å². The summed E-state index contributed by atoms with van der Waals surface area (Å²) in [6.45, 7) is 7.61. The van der Waals surface area contributed by atoms with Gasteiger partial charge in [0.25, 0.3) is 0 Å². The van der Waals surface area contributed by atoms with Crippen molar-refractivity contribution in [3.63, 3.8) is 0 Å². The Hall–Kier alpha value is -0.860. The summed E-state index contributed by atoms with van der Waals surface area (Å²) in [5.74, 6) is 0.700. The first kappa shape index (κ1) is 14.2. The lowest BCUT2D eigenvalue weighted by atomic mass is 10.0. The lowest BCUT2D eigenvalue weighted by Crippen LogP contribution is -2.31. The molecule has 3 unspecified atom stereocenters. The third kappa shape index (κ3) is 5.33. The van der Waals surface area contributed by atoms with Crippen molar-refractivity contribution >= 4 is 0 Å². The highest BCUT2D eigenvalue weighted by atomic mass is 16.3. The van der Waals surface area contributed by atoms with E-state index in [-0.39, 0.29) is 6.10 Å². The topological polar surface area (TPSA) is 32.3 Å². The smallest absolute Gasteiger partial charge is 0.0804 e. The van der Waals surface area contributed by atoms with E-state index in [1.54, 1.807) is 0 Å². The average Bonchev–Trinajstić information content (AvgIpc) is 2.36. The molecule has 0 amide bonds. The molecular weight excluding hydrogens is 210 g/mol. The zero-order chi connectivity index (χ0) is 12.7. The predicted molar refractivity (Wildman–Crippen MR) is 72.9 cm³/mol. The maximum Gasteiger partial charge on any atom is 0.0804 e. The minimum absolute atomic E-state index is 0.346. The van der Waals surface area contributed by atoms with Crippen molar-refractivity contribution < 1.29 is 5.11 Å². The van der Waals surface area contributed by atoms with E-state index in [0.29, 0.717) is 12.0 Å². The summed E-state index contributed by atoms with van der Waals surface area (Å²) in [5.41, 5.74) is 1.00. The summed E-state index contributed by atoms with van der Waals surface area (Å²) in [4.78, 5) is 0. The van der Waals surface area contributed by atoms with Crippen LogP contribution in [0.5, 0.6) is 0 Å². The zero-order valence-electron chi connectivity index (χ0n) is 11.2. The van der Waals surface area contributed by atoms with Gasteiger partial charge < -0.3 is 10.4 Å². The number of aliphatic hydroxyl groups excluding tert-OH is 1. The third-order valence-corrected chi connectivity index (χ3v) is 3.27. The van der Waals surface area contributed by atoms with E-state index in [0.717, 1.165) is 18.5 Å². The second-order valence-corrected chi connectivity index (χ2v) is 4.98. The van der Waals surface area contributed by atoms with Crippen LogP contribution in [0, 0.1) is 5.92 Å². The number of benzene rings is 1. The minimum atomic E-state index is -0.365. The second kappa shape index (κ2) is 7.46. The fraction of sp³-hybridized carbons (Fsp3) is 0.600. The molecule has 2 heteroatoms. The molecule has 0 aliphatic rings. The fourth-order valence-electron chi connectivity index (χ4n) is 1.78. The molecule has 2 nitrogen and oxygen atoms in total. The lowest BCUT2D eigenvalue weighted by Gasteiger charge is -2.20. The molecule has 1 aromatic rings. The summed E-state index contributed by atoms with van der Waals surface area (Å²) >= 11 is 0. The van der Waals surface area contributed by atoms with E-state index in [4.69, 9.17) is 0 Å². The van der Waals surface area contributed by atoms with E-state index in [1.807, 2.05) is 30.3 Å². The third-order valence-electron chi connectivity index (χ3n) is 3.27. The van der Waals surface area contributed by atoms with Crippen molar-refractivity contribution in [2.24, 2.45) is 5.92 Å². The summed E-state index contributed by atoms with van der Waals surface area (Å²) in [6.07, 6.45) is 1.59. The maximum atomic E-state index is 10.1. The van der Waals surface area contributed by atoms with Crippen LogP contribution in [-0.2, 0) is 0 Å². The number of nitrogens with one attached hydrogen (secondary N) is 1. The van der Waals surface area contributed by atoms with E-state index < -0.39 is 0 Å². The molecule has 0 spiro atoms. The first-order valence-corrected chi connectivity index (χ1v) is 6.59. The first-order valence-electron chi connectivity index (χ1n) is 6.59. The van der Waals surface area contributed by atoms with E-state index in [2.05, 4.69) is 26.1 Å². The molecule has 3 atom stereocenters. The van der Waals surface area contributed by atoms with Crippen LogP contribution in [0.25, 0.3) is 0 Å². The van der Waals surface area contributed by atoms with Gasteiger partial charge in [0, 0.05) is 6.04 Å². The molecule has 0 saturated carbocycles. The van der Waals surface area contributed by atoms with Crippen LogP contribution in [0.1, 0.15) is 45.3 Å². The predicted octanol–water partition coefficient (Wildman–Crippen LogP) is 3.13. The molecule has 0 aromatic heterocycles. The molecule has 0 saturated heterocycles. The molecule has 17 heavy (non-hydrogen) atoms. The van der Waals surface area contributed by atoms with Gasteiger partial charge in [-0.05, 0) is 31.4 Å². The highest BCUT2D eigenvalue weighted by molar-refractivity contribution is 5.17. The van der Waals surface area contributed by atoms with Crippen LogP contribution < -0.4 is 5.32 Å². The van der Waals surface area contributed by atoms with Gasteiger partial charge in [0.2, 0.25) is 0 Å². The van der Waals surface area contributed by atoms with Gasteiger partial charge in [-0.3, -0.25) is 0 Å². The first-order chi connectivity index (χ1) is 8.13. The standard InChI is InChI=1S/C15H25NO/c1-4-12(2)11-16-13(3)10-15(17)14-8-6-5-7-9-14/h5-9,12-13,15-17H,4,10-11H2,1-3H3. The molecule has 2 N–H and O–H groups in total. The second-order valence-electron chi connectivity index (χ2n) is 4.98. The molecule has 96 valence electrons. The Morgan fingerprint density at radius 2 is 1.82 bits per heavy atom. The van der Waals surface area contributed by atoms with E-state index in [1.165, 1.54) is 6.42 Å². The minimum Gasteiger partial charge on any atom is -0.388 e. The number of hydrogen-bond acceptors (Lipinski definition) is 2. The highest BCUT2D eigenvalue weighted by Gasteiger charge is 2.12. The van der Waals surface area contributed by atoms with Gasteiger partial charge in [-0.1, -0.05) is 50.6 Å². The van der Waals surface area contributed by atoms with Gasteiger partial charge >= 0.3 is 0 Å². The zero-order valence-corrected chi connectivity index (χ0v) is 11.2. The van der Waals surface area contributed by atoms with Crippen LogP contribution >= 0.6 is 0 Å². The number of rotatable bonds is 7. The highest BCUT2D eigenvalue weighted by Crippen LogP contribution is 2.17. The van der Waals surface area contributed by atoms with Gasteiger partial charge in [0.1, 0.15) is 0 Å². The normalized spacial score (nSPS) is 16.5. The van der Waals surface area contributed by atoms with Gasteiger partial charge in [-0.15, -0.1) is 0 Å². The quantitative estimate of drug-likeness (QED) is 0.761. The van der Waals surface area contributed by atoms with Gasteiger partial charge in [-0.2, -0.15) is 0 Å². The summed E-state index contributed by atoms with van der Waals surface area (Å²) < 4.78 is 0. The van der Waals surface area contributed by atoms with Crippen LogP contribution in [0.3, 0.4) is 0 Å². The molecule has 1 aromatic carbocycles. The summed E-state index contributed by atoms with van der Waals surface area (Å²) in [5, 5.41) is 13.5. The van der Waals surface area contributed by atoms with Crippen molar-refractivity contribution in [2.75, 3.05) is 6.54 Å². The molecule has 0 radical (unpaired) electrons. The SMILES string of the molecule is CCC(C)CNC(C)CC(O)c1ccccc1. The Morgan fingerprint density at radius 3 is 2.41 bits per heavy atom. The maximum absolute atomic E-state index is 10.1. The summed E-state index contributed by atoms with van der Waals surface area (Å²) in [6, 6.07) is 10.2. The van der Waals surface area contributed by atoms with Crippen LogP contribution in [0.4, 0.5) is 0 Å².